The lowest BCUT2D eigenvalue weighted by Gasteiger charge is -2.28. The minimum Gasteiger partial charge on any atom is -0.393 e. The van der Waals surface area contributed by atoms with Crippen LogP contribution in [-0.2, 0) is 4.74 Å². The van der Waals surface area contributed by atoms with Gasteiger partial charge in [0.15, 0.2) is 0 Å². The maximum Gasteiger partial charge on any atom is 0.241 e. The van der Waals surface area contributed by atoms with Crippen LogP contribution in [0, 0.1) is 5.92 Å². The highest BCUT2D eigenvalue weighted by Gasteiger charge is 2.27. The summed E-state index contributed by atoms with van der Waals surface area (Å²) in [6.07, 6.45) is 14.4. The van der Waals surface area contributed by atoms with Gasteiger partial charge in [-0.1, -0.05) is 0 Å². The molecule has 3 aromatic rings. The molecule has 3 aliphatic rings. The van der Waals surface area contributed by atoms with Gasteiger partial charge in [-0.05, 0) is 64.4 Å². The Balaban J connectivity index is 1.33. The third kappa shape index (κ3) is 4.15. The fourth-order valence-electron chi connectivity index (χ4n) is 5.50. The molecule has 3 fully saturated rings. The van der Waals surface area contributed by atoms with Crippen LogP contribution in [0.4, 0.5) is 5.95 Å². The largest absolute Gasteiger partial charge is 0.393 e. The van der Waals surface area contributed by atoms with Gasteiger partial charge in [0.05, 0.1) is 43.3 Å². The number of anilines is 1. The zero-order chi connectivity index (χ0) is 22.4. The molecule has 4 heterocycles. The summed E-state index contributed by atoms with van der Waals surface area (Å²) in [5.74, 6) is 1.69. The van der Waals surface area contributed by atoms with E-state index >= 15 is 0 Å². The number of aliphatic hydroxyl groups is 1. The quantitative estimate of drug-likeness (QED) is 0.562. The molecule has 1 aliphatic heterocycles. The van der Waals surface area contributed by atoms with Crippen LogP contribution >= 0.6 is 0 Å². The Kier molecular flexibility index (Phi) is 5.58. The maximum atomic E-state index is 10.0. The Hall–Kier alpha value is -2.45. The van der Waals surface area contributed by atoms with Crippen molar-refractivity contribution >= 4 is 11.5 Å². The fourth-order valence-corrected chi connectivity index (χ4v) is 5.50. The van der Waals surface area contributed by atoms with Gasteiger partial charge in [-0.2, -0.15) is 5.10 Å². The van der Waals surface area contributed by atoms with Gasteiger partial charge >= 0.3 is 0 Å². The highest BCUT2D eigenvalue weighted by atomic mass is 16.5. The molecular weight excluding hydrogens is 416 g/mol. The van der Waals surface area contributed by atoms with Gasteiger partial charge in [-0.25, -0.2) is 9.50 Å². The van der Waals surface area contributed by atoms with E-state index in [9.17, 15) is 5.11 Å². The van der Waals surface area contributed by atoms with E-state index < -0.39 is 0 Å². The fraction of sp³-hybridized carbons (Fsp3) is 0.640. The SMILES string of the molecule is CC(CC1COC1)Nc1ncc2c(-c3cnn(C4CCC4)c3)cc(C3CCC(O)CC3)n2n1. The summed E-state index contributed by atoms with van der Waals surface area (Å²) in [4.78, 5) is 4.68. The summed E-state index contributed by atoms with van der Waals surface area (Å²) in [5.41, 5.74) is 4.51. The number of rotatable bonds is 7. The number of nitrogens with one attached hydrogen (secondary N) is 1. The highest BCUT2D eigenvalue weighted by Crippen LogP contribution is 2.38. The molecule has 2 N–H and O–H groups in total. The lowest BCUT2D eigenvalue weighted by molar-refractivity contribution is -0.0368. The molecule has 1 atom stereocenters. The van der Waals surface area contributed by atoms with Gasteiger partial charge in [0.2, 0.25) is 5.95 Å². The van der Waals surface area contributed by atoms with Crippen LogP contribution in [-0.4, -0.2) is 54.8 Å². The van der Waals surface area contributed by atoms with Gasteiger partial charge in [-0.3, -0.25) is 4.68 Å². The van der Waals surface area contributed by atoms with Crippen LogP contribution < -0.4 is 5.32 Å². The third-order valence-corrected chi connectivity index (χ3v) is 7.79. The van der Waals surface area contributed by atoms with Crippen molar-refractivity contribution in [2.75, 3.05) is 18.5 Å². The van der Waals surface area contributed by atoms with Crippen LogP contribution in [0.3, 0.4) is 0 Å². The van der Waals surface area contributed by atoms with Crippen molar-refractivity contribution in [3.63, 3.8) is 0 Å². The van der Waals surface area contributed by atoms with Crippen LogP contribution in [0.5, 0.6) is 0 Å². The normalized spacial score (nSPS) is 25.0. The number of aliphatic hydroxyl groups excluding tert-OH is 1. The van der Waals surface area contributed by atoms with E-state index in [2.05, 4.69) is 43.8 Å². The molecule has 0 bridgehead atoms. The first-order valence-electron chi connectivity index (χ1n) is 12.6. The second-order valence-electron chi connectivity index (χ2n) is 10.3. The van der Waals surface area contributed by atoms with E-state index in [1.54, 1.807) is 0 Å². The Morgan fingerprint density at radius 2 is 1.97 bits per heavy atom. The van der Waals surface area contributed by atoms with E-state index in [-0.39, 0.29) is 6.10 Å². The molecular formula is C25H34N6O2. The average molecular weight is 451 g/mol. The first-order valence-corrected chi connectivity index (χ1v) is 12.6. The number of nitrogens with zero attached hydrogens (tertiary/aromatic N) is 5. The molecule has 0 amide bonds. The lowest BCUT2D eigenvalue weighted by atomic mass is 9.85. The lowest BCUT2D eigenvalue weighted by Crippen LogP contribution is -2.33. The molecule has 1 unspecified atom stereocenters. The smallest absolute Gasteiger partial charge is 0.241 e. The topological polar surface area (TPSA) is 89.5 Å². The van der Waals surface area contributed by atoms with Crippen LogP contribution in [0.1, 0.15) is 75.9 Å². The molecule has 0 spiro atoms. The zero-order valence-electron chi connectivity index (χ0n) is 19.4. The van der Waals surface area contributed by atoms with Gasteiger partial charge in [0, 0.05) is 40.9 Å². The van der Waals surface area contributed by atoms with E-state index in [1.165, 1.54) is 25.0 Å². The molecule has 2 saturated carbocycles. The van der Waals surface area contributed by atoms with Crippen LogP contribution in [0.2, 0.25) is 0 Å². The molecule has 0 aromatic carbocycles. The predicted molar refractivity (Wildman–Crippen MR) is 126 cm³/mol. The maximum absolute atomic E-state index is 10.0. The number of aromatic nitrogens is 5. The molecule has 8 heteroatoms. The van der Waals surface area contributed by atoms with Crippen LogP contribution in [0.25, 0.3) is 16.6 Å². The second-order valence-corrected chi connectivity index (χ2v) is 10.3. The summed E-state index contributed by atoms with van der Waals surface area (Å²) in [5, 5.41) is 23.1. The highest BCUT2D eigenvalue weighted by molar-refractivity contribution is 5.81. The van der Waals surface area contributed by atoms with Crippen molar-refractivity contribution < 1.29 is 9.84 Å². The Morgan fingerprint density at radius 3 is 2.67 bits per heavy atom. The molecule has 1 saturated heterocycles. The van der Waals surface area contributed by atoms with Crippen molar-refractivity contribution in [2.45, 2.75) is 82.4 Å². The minimum absolute atomic E-state index is 0.171. The molecule has 8 nitrogen and oxygen atoms in total. The summed E-state index contributed by atoms with van der Waals surface area (Å²) in [6.45, 7) is 3.91. The van der Waals surface area contributed by atoms with E-state index in [1.807, 2.05) is 12.4 Å². The Bertz CT molecular complexity index is 1110. The van der Waals surface area contributed by atoms with Crippen molar-refractivity contribution in [3.8, 4) is 11.1 Å². The zero-order valence-corrected chi connectivity index (χ0v) is 19.4. The summed E-state index contributed by atoms with van der Waals surface area (Å²) < 4.78 is 9.54. The molecule has 3 aromatic heterocycles. The van der Waals surface area contributed by atoms with Crippen molar-refractivity contribution in [1.29, 1.82) is 0 Å². The first kappa shape index (κ1) is 21.1. The molecule has 2 aliphatic carbocycles. The van der Waals surface area contributed by atoms with E-state index in [4.69, 9.17) is 9.84 Å². The summed E-state index contributed by atoms with van der Waals surface area (Å²) in [7, 11) is 0. The monoisotopic (exact) mass is 450 g/mol. The number of hydrogen-bond donors (Lipinski definition) is 2. The van der Waals surface area contributed by atoms with Gasteiger partial charge in [0.25, 0.3) is 0 Å². The van der Waals surface area contributed by atoms with E-state index in [0.29, 0.717) is 29.9 Å². The minimum atomic E-state index is -0.171. The van der Waals surface area contributed by atoms with E-state index in [0.717, 1.165) is 62.0 Å². The van der Waals surface area contributed by atoms with Gasteiger partial charge in [-0.15, -0.1) is 5.10 Å². The third-order valence-electron chi connectivity index (χ3n) is 7.79. The van der Waals surface area contributed by atoms with Crippen molar-refractivity contribution in [1.82, 2.24) is 24.4 Å². The average Bonchev–Trinajstić information content (AvgIpc) is 3.35. The Morgan fingerprint density at radius 1 is 1.15 bits per heavy atom. The molecule has 33 heavy (non-hydrogen) atoms. The Labute approximate surface area is 194 Å². The standard InChI is InChI=1S/C25H34N6O2/c1-16(9-17-14-33-15-17)28-25-26-12-24-22(19-11-27-30(13-19)20-3-2-4-20)10-23(31(24)29-25)18-5-7-21(32)8-6-18/h10-13,16-18,20-21,32H,2-9,14-15H2,1H3,(H,28,29). The first-order chi connectivity index (χ1) is 16.1. The van der Waals surface area contributed by atoms with Gasteiger partial charge in [0.1, 0.15) is 0 Å². The molecule has 176 valence electrons. The summed E-state index contributed by atoms with van der Waals surface area (Å²) >= 11 is 0. The predicted octanol–water partition coefficient (Wildman–Crippen LogP) is 4.17. The number of hydrogen-bond acceptors (Lipinski definition) is 6. The van der Waals surface area contributed by atoms with Crippen molar-refractivity contribution in [2.24, 2.45) is 5.92 Å². The van der Waals surface area contributed by atoms with Crippen LogP contribution in [0.15, 0.2) is 24.7 Å². The summed E-state index contributed by atoms with van der Waals surface area (Å²) in [6, 6.07) is 3.12. The van der Waals surface area contributed by atoms with Gasteiger partial charge < -0.3 is 15.2 Å². The molecule has 6 rings (SSSR count). The number of ether oxygens (including phenoxy) is 1. The van der Waals surface area contributed by atoms with Crippen molar-refractivity contribution in [3.05, 3.63) is 30.4 Å². The number of fused-ring (bicyclic) bond motifs is 1. The second kappa shape index (κ2) is 8.72. The molecule has 0 radical (unpaired) electrons.